The molecule has 0 radical (unpaired) electrons. The molecule has 0 heterocycles. The molecule has 0 aliphatic heterocycles. The number of fused-ring (bicyclic) bond motifs is 5. The topological polar surface area (TPSA) is 0 Å². The second-order valence-corrected chi connectivity index (χ2v) is 12.5. The lowest BCUT2D eigenvalue weighted by Crippen LogP contribution is -2.52. The van der Waals surface area contributed by atoms with Gasteiger partial charge in [0.15, 0.2) is 0 Å². The van der Waals surface area contributed by atoms with Gasteiger partial charge in [0.1, 0.15) is 0 Å². The van der Waals surface area contributed by atoms with E-state index in [1.54, 1.807) is 51.4 Å². The molecule has 4 saturated carbocycles. The van der Waals surface area contributed by atoms with Crippen molar-refractivity contribution in [3.63, 3.8) is 0 Å². The van der Waals surface area contributed by atoms with Gasteiger partial charge in [0.05, 0.1) is 0 Å². The van der Waals surface area contributed by atoms with Crippen LogP contribution in [0.1, 0.15) is 138 Å². The Morgan fingerprint density at radius 1 is 0.759 bits per heavy atom. The maximum absolute atomic E-state index is 2.72. The fraction of sp³-hybridized carbons (Fsp3) is 1.00. The van der Waals surface area contributed by atoms with Crippen molar-refractivity contribution in [1.29, 1.82) is 0 Å². The molecular formula is C29H54. The summed E-state index contributed by atoms with van der Waals surface area (Å²) in [6.45, 7) is 14.7. The van der Waals surface area contributed by atoms with Crippen LogP contribution in [0.4, 0.5) is 0 Å². The fourth-order valence-corrected chi connectivity index (χ4v) is 8.77. The van der Waals surface area contributed by atoms with E-state index in [4.69, 9.17) is 0 Å². The van der Waals surface area contributed by atoms with E-state index in [9.17, 15) is 0 Å². The van der Waals surface area contributed by atoms with Gasteiger partial charge >= 0.3 is 0 Å². The maximum Gasteiger partial charge on any atom is -0.0266 e. The first-order valence-electron chi connectivity index (χ1n) is 13.9. The van der Waals surface area contributed by atoms with Crippen molar-refractivity contribution in [3.05, 3.63) is 0 Å². The van der Waals surface area contributed by atoms with Gasteiger partial charge in [0, 0.05) is 0 Å². The number of rotatable bonds is 5. The summed E-state index contributed by atoms with van der Waals surface area (Å²) in [4.78, 5) is 0. The van der Waals surface area contributed by atoms with Crippen molar-refractivity contribution in [1.82, 2.24) is 0 Å². The van der Waals surface area contributed by atoms with E-state index in [0.29, 0.717) is 5.41 Å². The summed E-state index contributed by atoms with van der Waals surface area (Å²) >= 11 is 0. The highest BCUT2D eigenvalue weighted by Crippen LogP contribution is 2.67. The average molecular weight is 403 g/mol. The molecule has 0 heteroatoms. The van der Waals surface area contributed by atoms with Crippen molar-refractivity contribution in [2.45, 2.75) is 138 Å². The minimum absolute atomic E-state index is 0.702. The summed E-state index contributed by atoms with van der Waals surface area (Å²) in [6, 6.07) is 0. The summed E-state index contributed by atoms with van der Waals surface area (Å²) in [5.74, 6) is 6.26. The smallest absolute Gasteiger partial charge is 0.0266 e. The van der Waals surface area contributed by atoms with Crippen LogP contribution in [0.25, 0.3) is 0 Å². The van der Waals surface area contributed by atoms with E-state index >= 15 is 0 Å². The summed E-state index contributed by atoms with van der Waals surface area (Å²) in [7, 11) is 0. The predicted molar refractivity (Wildman–Crippen MR) is 129 cm³/mol. The molecule has 29 heavy (non-hydrogen) atoms. The highest BCUT2D eigenvalue weighted by atomic mass is 14.6. The van der Waals surface area contributed by atoms with Gasteiger partial charge in [-0.15, -0.1) is 0 Å². The van der Waals surface area contributed by atoms with Crippen molar-refractivity contribution in [2.24, 2.45) is 46.3 Å². The van der Waals surface area contributed by atoms with Gasteiger partial charge < -0.3 is 0 Å². The molecule has 0 saturated heterocycles. The minimum Gasteiger partial charge on any atom is -0.0654 e. The standard InChI is InChI=1S/C24H42.C5H12/c1-17(2)8-9-19-11-13-21-20-12-10-18-7-5-6-15-23(18,3)22(20)14-16-24(19,21)4;1-3-5-4-2/h17-22H,5-16H2,1-4H3;3-5H2,1-2H3. The van der Waals surface area contributed by atoms with Gasteiger partial charge in [-0.2, -0.15) is 0 Å². The summed E-state index contributed by atoms with van der Waals surface area (Å²) < 4.78 is 0. The molecule has 7 unspecified atom stereocenters. The molecular weight excluding hydrogens is 348 g/mol. The zero-order chi connectivity index (χ0) is 21.1. The van der Waals surface area contributed by atoms with Crippen molar-refractivity contribution < 1.29 is 0 Å². The summed E-state index contributed by atoms with van der Waals surface area (Å²) in [5.41, 5.74) is 1.42. The van der Waals surface area contributed by atoms with E-state index in [-0.39, 0.29) is 0 Å². The molecule has 0 aromatic carbocycles. The molecule has 4 aliphatic carbocycles. The van der Waals surface area contributed by atoms with Crippen molar-refractivity contribution in [3.8, 4) is 0 Å². The Labute approximate surface area is 184 Å². The predicted octanol–water partition coefficient (Wildman–Crippen LogP) is 9.67. The molecule has 0 N–H and O–H groups in total. The minimum atomic E-state index is 0.702. The molecule has 0 nitrogen and oxygen atoms in total. The highest BCUT2D eigenvalue weighted by molar-refractivity contribution is 5.08. The normalized spacial score (nSPS) is 43.8. The SMILES string of the molecule is CC(C)CCC1CCC2C3CCC4CCCCC4(C)C3CCC12C.CCCCC. The van der Waals surface area contributed by atoms with Crippen LogP contribution in [0.5, 0.6) is 0 Å². The van der Waals surface area contributed by atoms with E-state index < -0.39 is 0 Å². The fourth-order valence-electron chi connectivity index (χ4n) is 8.77. The molecule has 0 bridgehead atoms. The lowest BCUT2D eigenvalue weighted by atomic mass is 9.45. The van der Waals surface area contributed by atoms with E-state index in [0.717, 1.165) is 40.9 Å². The van der Waals surface area contributed by atoms with Crippen LogP contribution in [0.2, 0.25) is 0 Å². The zero-order valence-electron chi connectivity index (χ0n) is 21.1. The van der Waals surface area contributed by atoms with E-state index in [1.165, 1.54) is 44.9 Å². The Balaban J connectivity index is 0.000000431. The Hall–Kier alpha value is 0. The van der Waals surface area contributed by atoms with Crippen molar-refractivity contribution in [2.75, 3.05) is 0 Å². The molecule has 0 amide bonds. The first kappa shape index (κ1) is 23.7. The molecule has 170 valence electrons. The third-order valence-electron chi connectivity index (χ3n) is 10.6. The molecule has 0 aromatic heterocycles. The number of unbranched alkanes of at least 4 members (excludes halogenated alkanes) is 2. The van der Waals surface area contributed by atoms with E-state index in [2.05, 4.69) is 41.5 Å². The van der Waals surface area contributed by atoms with Crippen LogP contribution in [0.3, 0.4) is 0 Å². The van der Waals surface area contributed by atoms with Gasteiger partial charge in [0.25, 0.3) is 0 Å². The lowest BCUT2D eigenvalue weighted by Gasteiger charge is -2.60. The van der Waals surface area contributed by atoms with Gasteiger partial charge in [-0.3, -0.25) is 0 Å². The Kier molecular flexibility index (Phi) is 8.22. The first-order chi connectivity index (χ1) is 13.9. The van der Waals surface area contributed by atoms with Crippen LogP contribution >= 0.6 is 0 Å². The Morgan fingerprint density at radius 2 is 1.48 bits per heavy atom. The molecule has 4 rings (SSSR count). The lowest BCUT2D eigenvalue weighted by molar-refractivity contribution is -0.111. The highest BCUT2D eigenvalue weighted by Gasteiger charge is 2.59. The Bertz CT molecular complexity index is 490. The summed E-state index contributed by atoms with van der Waals surface area (Å²) in [5, 5.41) is 0. The van der Waals surface area contributed by atoms with Gasteiger partial charge in [-0.1, -0.05) is 80.1 Å². The average Bonchev–Trinajstić information content (AvgIpc) is 3.03. The van der Waals surface area contributed by atoms with Crippen LogP contribution in [0, 0.1) is 46.3 Å². The molecule has 0 spiro atoms. The molecule has 0 aromatic rings. The maximum atomic E-state index is 2.72. The zero-order valence-corrected chi connectivity index (χ0v) is 21.1. The van der Waals surface area contributed by atoms with E-state index in [1.807, 2.05) is 0 Å². The van der Waals surface area contributed by atoms with Crippen molar-refractivity contribution >= 4 is 0 Å². The molecule has 7 atom stereocenters. The third-order valence-corrected chi connectivity index (χ3v) is 10.6. The molecule has 4 aliphatic rings. The largest absolute Gasteiger partial charge is 0.0654 e. The molecule has 4 fully saturated rings. The van der Waals surface area contributed by atoms with Crippen LogP contribution in [-0.4, -0.2) is 0 Å². The quantitative estimate of drug-likeness (QED) is 0.429. The van der Waals surface area contributed by atoms with Crippen LogP contribution < -0.4 is 0 Å². The van der Waals surface area contributed by atoms with Gasteiger partial charge in [-0.05, 0) is 104 Å². The first-order valence-corrected chi connectivity index (χ1v) is 13.9. The third kappa shape index (κ3) is 4.77. The second-order valence-electron chi connectivity index (χ2n) is 12.5. The van der Waals surface area contributed by atoms with Gasteiger partial charge in [-0.25, -0.2) is 0 Å². The summed E-state index contributed by atoms with van der Waals surface area (Å²) in [6.07, 6.45) is 22.6. The Morgan fingerprint density at radius 3 is 2.14 bits per heavy atom. The monoisotopic (exact) mass is 402 g/mol. The second kappa shape index (κ2) is 10.1. The number of hydrogen-bond acceptors (Lipinski definition) is 0. The van der Waals surface area contributed by atoms with Crippen LogP contribution in [0.15, 0.2) is 0 Å². The van der Waals surface area contributed by atoms with Gasteiger partial charge in [0.2, 0.25) is 0 Å². The van der Waals surface area contributed by atoms with Crippen LogP contribution in [-0.2, 0) is 0 Å². The number of hydrogen-bond donors (Lipinski definition) is 0.